The van der Waals surface area contributed by atoms with E-state index in [0.29, 0.717) is 45.8 Å². The van der Waals surface area contributed by atoms with Gasteiger partial charge in [-0.15, -0.1) is 5.16 Å². The summed E-state index contributed by atoms with van der Waals surface area (Å²) < 4.78 is 0. The van der Waals surface area contributed by atoms with Gasteiger partial charge in [0.15, 0.2) is 0 Å². The number of hydrogen-bond acceptors (Lipinski definition) is 4. The Morgan fingerprint density at radius 3 is 2.26 bits per heavy atom. The number of allylic oxidation sites excluding steroid dienone is 1. The van der Waals surface area contributed by atoms with Crippen LogP contribution >= 0.6 is 0 Å². The van der Waals surface area contributed by atoms with Gasteiger partial charge in [0.1, 0.15) is 0 Å². The summed E-state index contributed by atoms with van der Waals surface area (Å²) in [6, 6.07) is 0. The van der Waals surface area contributed by atoms with Gasteiger partial charge in [-0.1, -0.05) is 51.9 Å². The number of nitrogens with zero attached hydrogens (tertiary/aromatic N) is 2. The molecule has 5 aliphatic rings. The van der Waals surface area contributed by atoms with Crippen LogP contribution in [0, 0.1) is 56.7 Å². The third-order valence-electron chi connectivity index (χ3n) is 13.3. The van der Waals surface area contributed by atoms with Crippen molar-refractivity contribution in [3.8, 4) is 0 Å². The summed E-state index contributed by atoms with van der Waals surface area (Å²) in [5.74, 6) is 3.06. The minimum absolute atomic E-state index is 0.0311. The first-order valence-electron chi connectivity index (χ1n) is 14.0. The Balaban J connectivity index is 1.56. The minimum Gasteiger partial charge on any atom is -0.411 e. The molecule has 5 rings (SSSR count). The molecule has 4 heteroatoms. The Bertz CT molecular complexity index is 923. The lowest BCUT2D eigenvalue weighted by atomic mass is 9.32. The van der Waals surface area contributed by atoms with Gasteiger partial charge in [0, 0.05) is 10.8 Å². The van der Waals surface area contributed by atoms with Crippen molar-refractivity contribution in [3.63, 3.8) is 0 Å². The summed E-state index contributed by atoms with van der Waals surface area (Å²) in [5, 5.41) is 26.9. The van der Waals surface area contributed by atoms with Gasteiger partial charge >= 0.3 is 0 Å². The van der Waals surface area contributed by atoms with E-state index in [2.05, 4.69) is 58.4 Å². The average molecular weight is 469 g/mol. The zero-order valence-corrected chi connectivity index (χ0v) is 22.5. The van der Waals surface area contributed by atoms with Gasteiger partial charge in [0.2, 0.25) is 0 Å². The molecular weight excluding hydrogens is 420 g/mol. The average Bonchev–Trinajstić information content (AvgIpc) is 3.14. The largest absolute Gasteiger partial charge is 0.411 e. The summed E-state index contributed by atoms with van der Waals surface area (Å²) in [5.41, 5.74) is 3.27. The molecule has 9 atom stereocenters. The quantitative estimate of drug-likeness (QED) is 0.187. The van der Waals surface area contributed by atoms with Crippen molar-refractivity contribution < 1.29 is 10.4 Å². The molecule has 0 radical (unpaired) electrons. The SMILES string of the molecule is C=C(C)[C@@H]1CCC2(/C=N/O)CC[C@]3(C)C(CCC4[C@@]5(C)CC/C(=N\O)C(C)(C)C5CC[C@]43C)C12. The molecule has 5 aliphatic carbocycles. The van der Waals surface area contributed by atoms with Crippen LogP contribution in [0.5, 0.6) is 0 Å². The third kappa shape index (κ3) is 2.83. The van der Waals surface area contributed by atoms with Crippen molar-refractivity contribution in [2.45, 2.75) is 106 Å². The number of oxime groups is 2. The topological polar surface area (TPSA) is 65.2 Å². The lowest BCUT2D eigenvalue weighted by Gasteiger charge is -2.72. The summed E-state index contributed by atoms with van der Waals surface area (Å²) >= 11 is 0. The second kappa shape index (κ2) is 7.59. The molecule has 0 amide bonds. The predicted octanol–water partition coefficient (Wildman–Crippen LogP) is 7.93. The molecule has 0 bridgehead atoms. The zero-order chi connectivity index (χ0) is 24.7. The fourth-order valence-corrected chi connectivity index (χ4v) is 11.5. The van der Waals surface area contributed by atoms with Gasteiger partial charge in [0.05, 0.1) is 11.9 Å². The van der Waals surface area contributed by atoms with E-state index in [0.717, 1.165) is 31.4 Å². The molecule has 4 nitrogen and oxygen atoms in total. The summed E-state index contributed by atoms with van der Waals surface area (Å²) in [7, 11) is 0. The summed E-state index contributed by atoms with van der Waals surface area (Å²) in [6.07, 6.45) is 13.8. The van der Waals surface area contributed by atoms with Crippen LogP contribution in [-0.4, -0.2) is 22.3 Å². The first kappa shape index (κ1) is 24.4. The first-order chi connectivity index (χ1) is 15.9. The van der Waals surface area contributed by atoms with Crippen molar-refractivity contribution in [2.75, 3.05) is 0 Å². The molecule has 5 saturated carbocycles. The van der Waals surface area contributed by atoms with E-state index in [1.807, 2.05) is 6.21 Å². The van der Waals surface area contributed by atoms with Crippen LogP contribution in [0.3, 0.4) is 0 Å². The van der Waals surface area contributed by atoms with Crippen LogP contribution in [-0.2, 0) is 0 Å². The lowest BCUT2D eigenvalue weighted by Crippen LogP contribution is -2.66. The Morgan fingerprint density at radius 2 is 1.62 bits per heavy atom. The second-order valence-electron chi connectivity index (χ2n) is 14.4. The summed E-state index contributed by atoms with van der Waals surface area (Å²) in [6.45, 7) is 19.2. The molecule has 0 aromatic rings. The fourth-order valence-electron chi connectivity index (χ4n) is 11.5. The van der Waals surface area contributed by atoms with Gasteiger partial charge in [-0.25, -0.2) is 0 Å². The maximum atomic E-state index is 9.76. The maximum absolute atomic E-state index is 9.76. The molecule has 0 aromatic heterocycles. The molecule has 0 aliphatic heterocycles. The van der Waals surface area contributed by atoms with Crippen molar-refractivity contribution in [3.05, 3.63) is 12.2 Å². The van der Waals surface area contributed by atoms with E-state index in [4.69, 9.17) is 0 Å². The number of rotatable bonds is 2. The van der Waals surface area contributed by atoms with E-state index in [1.54, 1.807) is 0 Å². The Kier molecular flexibility index (Phi) is 5.44. The van der Waals surface area contributed by atoms with Crippen LogP contribution < -0.4 is 0 Å². The molecule has 5 unspecified atom stereocenters. The van der Waals surface area contributed by atoms with Crippen LogP contribution in [0.4, 0.5) is 0 Å². The maximum Gasteiger partial charge on any atom is 0.0630 e. The highest BCUT2D eigenvalue weighted by molar-refractivity contribution is 5.90. The molecule has 190 valence electrons. The summed E-state index contributed by atoms with van der Waals surface area (Å²) in [4.78, 5) is 0. The minimum atomic E-state index is -0.0311. The van der Waals surface area contributed by atoms with Crippen molar-refractivity contribution >= 4 is 11.9 Å². The van der Waals surface area contributed by atoms with Crippen LogP contribution in [0.2, 0.25) is 0 Å². The number of hydrogen-bond donors (Lipinski definition) is 2. The van der Waals surface area contributed by atoms with E-state index >= 15 is 0 Å². The number of fused-ring (bicyclic) bond motifs is 7. The molecule has 0 spiro atoms. The Hall–Kier alpha value is -1.32. The monoisotopic (exact) mass is 468 g/mol. The Labute approximate surface area is 207 Å². The molecular formula is C30H48N2O2. The van der Waals surface area contributed by atoms with E-state index < -0.39 is 0 Å². The highest BCUT2D eigenvalue weighted by Crippen LogP contribution is 2.77. The highest BCUT2D eigenvalue weighted by Gasteiger charge is 2.70. The Morgan fingerprint density at radius 1 is 0.882 bits per heavy atom. The zero-order valence-electron chi connectivity index (χ0n) is 22.5. The fraction of sp³-hybridized carbons (Fsp3) is 0.867. The van der Waals surface area contributed by atoms with Crippen molar-refractivity contribution in [1.29, 1.82) is 0 Å². The van der Waals surface area contributed by atoms with E-state index in [-0.39, 0.29) is 10.8 Å². The molecule has 0 saturated heterocycles. The van der Waals surface area contributed by atoms with Crippen molar-refractivity contribution in [2.24, 2.45) is 67.0 Å². The first-order valence-corrected chi connectivity index (χ1v) is 14.0. The third-order valence-corrected chi connectivity index (χ3v) is 13.3. The van der Waals surface area contributed by atoms with E-state index in [1.165, 1.54) is 44.1 Å². The molecule has 0 heterocycles. The molecule has 34 heavy (non-hydrogen) atoms. The van der Waals surface area contributed by atoms with Gasteiger partial charge in [-0.2, -0.15) is 0 Å². The van der Waals surface area contributed by atoms with Gasteiger partial charge in [-0.3, -0.25) is 0 Å². The molecule has 5 fully saturated rings. The van der Waals surface area contributed by atoms with Gasteiger partial charge in [0.25, 0.3) is 0 Å². The van der Waals surface area contributed by atoms with Crippen molar-refractivity contribution in [1.82, 2.24) is 0 Å². The van der Waals surface area contributed by atoms with Crippen LogP contribution in [0.1, 0.15) is 106 Å². The second-order valence-corrected chi connectivity index (χ2v) is 14.4. The molecule has 0 aromatic carbocycles. The predicted molar refractivity (Wildman–Crippen MR) is 138 cm³/mol. The lowest BCUT2D eigenvalue weighted by molar-refractivity contribution is -0.222. The molecule has 2 N–H and O–H groups in total. The smallest absolute Gasteiger partial charge is 0.0630 e. The standard InChI is InChI=1S/C30H48N2O2/c1-19(2)20-10-15-30(18-31-33)17-16-28(6)21(25(20)30)8-9-23-27(5)13-12-24(32-34)26(3,4)22(27)11-14-29(23,28)7/h18,20-23,25,33-34H,1,8-17H2,2-7H3/b31-18+,32-24+/t20-,21?,22?,23?,25?,27-,28+,29+,30?/m0/s1. The van der Waals surface area contributed by atoms with E-state index in [9.17, 15) is 10.4 Å². The highest BCUT2D eigenvalue weighted by atomic mass is 16.4. The normalized spacial score (nSPS) is 53.1. The van der Waals surface area contributed by atoms with Crippen LogP contribution in [0.15, 0.2) is 22.5 Å². The van der Waals surface area contributed by atoms with Crippen LogP contribution in [0.25, 0.3) is 0 Å². The van der Waals surface area contributed by atoms with Gasteiger partial charge < -0.3 is 10.4 Å². The van der Waals surface area contributed by atoms with Gasteiger partial charge in [-0.05, 0) is 117 Å².